The van der Waals surface area contributed by atoms with Crippen LogP contribution < -0.4 is 0 Å². The molecule has 1 heterocycles. The molecule has 0 unspecified atom stereocenters. The molecule has 0 aliphatic carbocycles. The number of hydrogen-bond acceptors (Lipinski definition) is 1. The summed E-state index contributed by atoms with van der Waals surface area (Å²) in [5.74, 6) is 0. The third-order valence-corrected chi connectivity index (χ3v) is 3.82. The van der Waals surface area contributed by atoms with Gasteiger partial charge in [-0.05, 0) is 18.2 Å². The van der Waals surface area contributed by atoms with Crippen molar-refractivity contribution in [3.8, 4) is 11.1 Å². The van der Waals surface area contributed by atoms with E-state index in [1.807, 2.05) is 0 Å². The van der Waals surface area contributed by atoms with Gasteiger partial charge in [-0.15, -0.1) is 0 Å². The van der Waals surface area contributed by atoms with E-state index in [0.29, 0.717) is 6.07 Å². The molecule has 0 aliphatic heterocycles. The van der Waals surface area contributed by atoms with E-state index in [2.05, 4.69) is 4.98 Å². The summed E-state index contributed by atoms with van der Waals surface area (Å²) in [5.41, 5.74) is -4.05. The lowest BCUT2D eigenvalue weighted by atomic mass is 10.0. The summed E-state index contributed by atoms with van der Waals surface area (Å²) in [7, 11) is 0. The van der Waals surface area contributed by atoms with Gasteiger partial charge in [0.25, 0.3) is 0 Å². The standard InChI is InChI=1S/C13H4Cl3F6N/c14-8-3-10(16)9(15)2-6(8)7-1-5(12(17,18)19)4-23-11(7)13(20,21)22/h1-4H. The Morgan fingerprint density at radius 1 is 0.696 bits per heavy atom. The average molecular weight is 395 g/mol. The molecule has 0 saturated heterocycles. The van der Waals surface area contributed by atoms with E-state index >= 15 is 0 Å². The number of halogens is 9. The molecule has 0 aliphatic rings. The topological polar surface area (TPSA) is 12.9 Å². The molecule has 0 bridgehead atoms. The number of nitrogens with zero attached hydrogens (tertiary/aromatic N) is 1. The highest BCUT2D eigenvalue weighted by Crippen LogP contribution is 2.43. The summed E-state index contributed by atoms with van der Waals surface area (Å²) >= 11 is 17.2. The van der Waals surface area contributed by atoms with Gasteiger partial charge in [-0.3, -0.25) is 4.98 Å². The number of benzene rings is 1. The smallest absolute Gasteiger partial charge is 0.251 e. The van der Waals surface area contributed by atoms with Gasteiger partial charge in [0.05, 0.1) is 20.6 Å². The number of hydrogen-bond donors (Lipinski definition) is 0. The highest BCUT2D eigenvalue weighted by molar-refractivity contribution is 6.44. The Balaban J connectivity index is 2.80. The SMILES string of the molecule is FC(F)(F)c1cnc(C(F)(F)F)c(-c2cc(Cl)c(Cl)cc2Cl)c1. The number of alkyl halides is 6. The monoisotopic (exact) mass is 393 g/mol. The van der Waals surface area contributed by atoms with Gasteiger partial charge < -0.3 is 0 Å². The van der Waals surface area contributed by atoms with Crippen molar-refractivity contribution in [3.05, 3.63) is 50.7 Å². The minimum absolute atomic E-state index is 0.0473. The summed E-state index contributed by atoms with van der Waals surface area (Å²) in [5, 5.41) is -0.489. The molecule has 0 spiro atoms. The lowest BCUT2D eigenvalue weighted by molar-refractivity contribution is -0.143. The molecule has 0 atom stereocenters. The third-order valence-electron chi connectivity index (χ3n) is 2.78. The van der Waals surface area contributed by atoms with Crippen LogP contribution in [0.5, 0.6) is 0 Å². The van der Waals surface area contributed by atoms with Gasteiger partial charge in [0.15, 0.2) is 5.69 Å². The van der Waals surface area contributed by atoms with Crippen LogP contribution in [-0.4, -0.2) is 4.98 Å². The molecule has 1 nitrogen and oxygen atoms in total. The van der Waals surface area contributed by atoms with Crippen LogP contribution in [-0.2, 0) is 12.4 Å². The minimum atomic E-state index is -4.98. The summed E-state index contributed by atoms with van der Waals surface area (Å²) in [6, 6.07) is 2.32. The maximum atomic E-state index is 13.0. The van der Waals surface area contributed by atoms with Crippen LogP contribution in [0.4, 0.5) is 26.3 Å². The van der Waals surface area contributed by atoms with Crippen molar-refractivity contribution >= 4 is 34.8 Å². The molecule has 0 N–H and O–H groups in total. The number of rotatable bonds is 1. The first-order valence-electron chi connectivity index (χ1n) is 5.70. The molecule has 0 saturated carbocycles. The van der Waals surface area contributed by atoms with Gasteiger partial charge in [0.2, 0.25) is 0 Å². The zero-order chi connectivity index (χ0) is 17.6. The molecule has 10 heteroatoms. The van der Waals surface area contributed by atoms with Crippen LogP contribution in [0.1, 0.15) is 11.3 Å². The van der Waals surface area contributed by atoms with E-state index in [0.717, 1.165) is 12.1 Å². The van der Waals surface area contributed by atoms with Crippen molar-refractivity contribution in [2.24, 2.45) is 0 Å². The Kier molecular flexibility index (Phi) is 4.76. The zero-order valence-electron chi connectivity index (χ0n) is 10.7. The molecule has 2 aromatic rings. The van der Waals surface area contributed by atoms with Crippen molar-refractivity contribution in [2.45, 2.75) is 12.4 Å². The third kappa shape index (κ3) is 3.84. The molecule has 124 valence electrons. The predicted molar refractivity (Wildman–Crippen MR) is 74.7 cm³/mol. The van der Waals surface area contributed by atoms with E-state index in [1.165, 1.54) is 0 Å². The molecule has 0 fully saturated rings. The van der Waals surface area contributed by atoms with Crippen LogP contribution in [0.25, 0.3) is 11.1 Å². The average Bonchev–Trinajstić information content (AvgIpc) is 2.40. The molecule has 1 aromatic heterocycles. The molecule has 2 rings (SSSR count). The van der Waals surface area contributed by atoms with Crippen LogP contribution in [0.3, 0.4) is 0 Å². The van der Waals surface area contributed by atoms with Crippen molar-refractivity contribution in [1.29, 1.82) is 0 Å². The second-order valence-corrected chi connectivity index (χ2v) is 5.58. The minimum Gasteiger partial charge on any atom is -0.251 e. The summed E-state index contributed by atoms with van der Waals surface area (Å²) in [6.45, 7) is 0. The van der Waals surface area contributed by atoms with E-state index in [-0.39, 0.29) is 26.8 Å². The highest BCUT2D eigenvalue weighted by Gasteiger charge is 2.39. The largest absolute Gasteiger partial charge is 0.433 e. The number of aromatic nitrogens is 1. The molecular weight excluding hydrogens is 390 g/mol. The molecule has 23 heavy (non-hydrogen) atoms. The van der Waals surface area contributed by atoms with Crippen molar-refractivity contribution in [3.63, 3.8) is 0 Å². The first kappa shape index (κ1) is 18.2. The molecule has 1 aromatic carbocycles. The van der Waals surface area contributed by atoms with Crippen molar-refractivity contribution < 1.29 is 26.3 Å². The van der Waals surface area contributed by atoms with Gasteiger partial charge in [-0.25, -0.2) is 0 Å². The van der Waals surface area contributed by atoms with Crippen LogP contribution in [0, 0.1) is 0 Å². The molecular formula is C13H4Cl3F6N. The predicted octanol–water partition coefficient (Wildman–Crippen LogP) is 6.75. The van der Waals surface area contributed by atoms with Gasteiger partial charge in [0, 0.05) is 17.3 Å². The normalized spacial score (nSPS) is 12.6. The Hall–Kier alpha value is -1.18. The van der Waals surface area contributed by atoms with E-state index < -0.39 is 29.2 Å². The van der Waals surface area contributed by atoms with Gasteiger partial charge >= 0.3 is 12.4 Å². The quantitative estimate of drug-likeness (QED) is 0.385. The Morgan fingerprint density at radius 3 is 1.78 bits per heavy atom. The van der Waals surface area contributed by atoms with Crippen LogP contribution in [0.15, 0.2) is 24.4 Å². The lowest BCUT2D eigenvalue weighted by Gasteiger charge is -2.16. The van der Waals surface area contributed by atoms with E-state index in [9.17, 15) is 26.3 Å². The second kappa shape index (κ2) is 6.03. The van der Waals surface area contributed by atoms with Crippen LogP contribution >= 0.6 is 34.8 Å². The molecule has 0 radical (unpaired) electrons. The van der Waals surface area contributed by atoms with Crippen LogP contribution in [0.2, 0.25) is 15.1 Å². The van der Waals surface area contributed by atoms with Crippen molar-refractivity contribution in [2.75, 3.05) is 0 Å². The van der Waals surface area contributed by atoms with Crippen molar-refractivity contribution in [1.82, 2.24) is 4.98 Å². The van der Waals surface area contributed by atoms with Gasteiger partial charge in [-0.2, -0.15) is 26.3 Å². The van der Waals surface area contributed by atoms with E-state index in [4.69, 9.17) is 34.8 Å². The summed E-state index contributed by atoms with van der Waals surface area (Å²) in [6.07, 6.45) is -9.73. The first-order valence-corrected chi connectivity index (χ1v) is 6.84. The Morgan fingerprint density at radius 2 is 1.26 bits per heavy atom. The highest BCUT2D eigenvalue weighted by atomic mass is 35.5. The maximum Gasteiger partial charge on any atom is 0.433 e. The number of pyridine rings is 1. The Bertz CT molecular complexity index is 755. The summed E-state index contributed by atoms with van der Waals surface area (Å²) in [4.78, 5) is 2.91. The molecule has 0 amide bonds. The van der Waals surface area contributed by atoms with Gasteiger partial charge in [0.1, 0.15) is 0 Å². The first-order chi connectivity index (χ1) is 10.4. The maximum absolute atomic E-state index is 13.0. The van der Waals surface area contributed by atoms with E-state index in [1.54, 1.807) is 0 Å². The lowest BCUT2D eigenvalue weighted by Crippen LogP contribution is -2.13. The second-order valence-electron chi connectivity index (χ2n) is 4.36. The fraction of sp³-hybridized carbons (Fsp3) is 0.154. The Labute approximate surface area is 140 Å². The fourth-order valence-electron chi connectivity index (χ4n) is 1.78. The van der Waals surface area contributed by atoms with Gasteiger partial charge in [-0.1, -0.05) is 34.8 Å². The fourth-order valence-corrected chi connectivity index (χ4v) is 2.43. The summed E-state index contributed by atoms with van der Waals surface area (Å²) < 4.78 is 77.3. The zero-order valence-corrected chi connectivity index (χ0v) is 12.9.